The van der Waals surface area contributed by atoms with Crippen LogP contribution in [0.1, 0.15) is 99.8 Å². The topological polar surface area (TPSA) is 3.24 Å². The van der Waals surface area contributed by atoms with E-state index >= 15 is 0 Å². The van der Waals surface area contributed by atoms with Crippen molar-refractivity contribution in [3.05, 3.63) is 0 Å². The van der Waals surface area contributed by atoms with Gasteiger partial charge < -0.3 is 0 Å². The Kier molecular flexibility index (Phi) is 8.98. The lowest BCUT2D eigenvalue weighted by Crippen LogP contribution is -2.40. The second-order valence-corrected chi connectivity index (χ2v) is 10.4. The van der Waals surface area contributed by atoms with E-state index in [4.69, 9.17) is 0 Å². The van der Waals surface area contributed by atoms with Crippen LogP contribution in [0.3, 0.4) is 0 Å². The van der Waals surface area contributed by atoms with Gasteiger partial charge in [0.05, 0.1) is 0 Å². The van der Waals surface area contributed by atoms with E-state index in [1.807, 2.05) is 0 Å². The predicted octanol–water partition coefficient (Wildman–Crippen LogP) is 7.26. The molecular formula is C25H49N. The summed E-state index contributed by atoms with van der Waals surface area (Å²) in [6.07, 6.45) is 11.4. The highest BCUT2D eigenvalue weighted by atomic mass is 15.2. The van der Waals surface area contributed by atoms with E-state index in [9.17, 15) is 0 Å². The van der Waals surface area contributed by atoms with E-state index in [0.29, 0.717) is 0 Å². The lowest BCUT2D eigenvalue weighted by atomic mass is 9.74. The van der Waals surface area contributed by atoms with E-state index < -0.39 is 0 Å². The Bertz CT molecular complexity index is 380. The van der Waals surface area contributed by atoms with Crippen LogP contribution in [0.2, 0.25) is 0 Å². The molecule has 1 saturated carbocycles. The first kappa shape index (κ1) is 22.3. The van der Waals surface area contributed by atoms with Crippen LogP contribution in [-0.2, 0) is 0 Å². The molecule has 8 unspecified atom stereocenters. The molecule has 1 nitrogen and oxygen atoms in total. The zero-order chi connectivity index (χ0) is 19.3. The maximum absolute atomic E-state index is 2.87. The van der Waals surface area contributed by atoms with Gasteiger partial charge in [0.25, 0.3) is 0 Å². The molecule has 2 fully saturated rings. The summed E-state index contributed by atoms with van der Waals surface area (Å²) in [5.74, 6) is 6.55. The summed E-state index contributed by atoms with van der Waals surface area (Å²) < 4.78 is 0. The Balaban J connectivity index is 1.92. The highest BCUT2D eigenvalue weighted by Gasteiger charge is 2.42. The van der Waals surface area contributed by atoms with Crippen molar-refractivity contribution in [2.45, 2.75) is 106 Å². The van der Waals surface area contributed by atoms with E-state index in [-0.39, 0.29) is 0 Å². The number of rotatable bonds is 12. The van der Waals surface area contributed by atoms with E-state index in [1.54, 1.807) is 0 Å². The number of nitrogens with zero attached hydrogens (tertiary/aromatic N) is 1. The minimum atomic E-state index is 0.785. The lowest BCUT2D eigenvalue weighted by Gasteiger charge is -2.37. The number of hydrogen-bond donors (Lipinski definition) is 0. The van der Waals surface area contributed by atoms with E-state index in [1.165, 1.54) is 64.5 Å². The van der Waals surface area contributed by atoms with Crippen LogP contribution in [0.15, 0.2) is 0 Å². The van der Waals surface area contributed by atoms with Crippen molar-refractivity contribution in [2.75, 3.05) is 13.1 Å². The molecule has 0 spiro atoms. The van der Waals surface area contributed by atoms with Crippen LogP contribution in [0.5, 0.6) is 0 Å². The maximum Gasteiger partial charge on any atom is 0.00978 e. The van der Waals surface area contributed by atoms with Gasteiger partial charge in [0.15, 0.2) is 0 Å². The molecule has 2 aliphatic rings. The second-order valence-electron chi connectivity index (χ2n) is 10.4. The third-order valence-electron chi connectivity index (χ3n) is 8.52. The van der Waals surface area contributed by atoms with Gasteiger partial charge in [-0.25, -0.2) is 0 Å². The van der Waals surface area contributed by atoms with Gasteiger partial charge in [-0.05, 0) is 74.0 Å². The predicted molar refractivity (Wildman–Crippen MR) is 116 cm³/mol. The molecule has 0 N–H and O–H groups in total. The zero-order valence-electron chi connectivity index (χ0n) is 19.1. The van der Waals surface area contributed by atoms with Crippen molar-refractivity contribution >= 4 is 0 Å². The quantitative estimate of drug-likeness (QED) is 0.353. The van der Waals surface area contributed by atoms with Crippen molar-refractivity contribution in [3.63, 3.8) is 0 Å². The molecule has 26 heavy (non-hydrogen) atoms. The van der Waals surface area contributed by atoms with Gasteiger partial charge in [-0.1, -0.05) is 67.2 Å². The summed E-state index contributed by atoms with van der Waals surface area (Å²) in [7, 11) is 0. The van der Waals surface area contributed by atoms with E-state index in [0.717, 1.165) is 47.5 Å². The fraction of sp³-hybridized carbons (Fsp3) is 1.00. The molecule has 0 bridgehead atoms. The summed E-state index contributed by atoms with van der Waals surface area (Å²) >= 11 is 0. The minimum Gasteiger partial charge on any atom is -0.300 e. The van der Waals surface area contributed by atoms with Gasteiger partial charge in [-0.2, -0.15) is 0 Å². The van der Waals surface area contributed by atoms with Gasteiger partial charge in [-0.15, -0.1) is 0 Å². The first-order valence-electron chi connectivity index (χ1n) is 12.1. The van der Waals surface area contributed by atoms with Crippen molar-refractivity contribution in [2.24, 2.45) is 41.4 Å². The zero-order valence-corrected chi connectivity index (χ0v) is 19.1. The van der Waals surface area contributed by atoms with Crippen molar-refractivity contribution < 1.29 is 0 Å². The fourth-order valence-corrected chi connectivity index (χ4v) is 6.27. The van der Waals surface area contributed by atoms with E-state index in [2.05, 4.69) is 53.4 Å². The monoisotopic (exact) mass is 363 g/mol. The normalized spacial score (nSPS) is 30.1. The molecule has 1 heterocycles. The molecule has 0 aromatic rings. The lowest BCUT2D eigenvalue weighted by molar-refractivity contribution is 0.116. The molecular weight excluding hydrogens is 314 g/mol. The summed E-state index contributed by atoms with van der Waals surface area (Å²) in [4.78, 5) is 2.87. The molecule has 0 amide bonds. The minimum absolute atomic E-state index is 0.785. The molecule has 1 saturated heterocycles. The van der Waals surface area contributed by atoms with Gasteiger partial charge in [0, 0.05) is 19.1 Å². The third-order valence-corrected chi connectivity index (χ3v) is 8.52. The molecule has 1 aliphatic carbocycles. The van der Waals surface area contributed by atoms with Crippen LogP contribution in [0.4, 0.5) is 0 Å². The summed E-state index contributed by atoms with van der Waals surface area (Å²) in [6.45, 7) is 20.1. The van der Waals surface area contributed by atoms with Crippen LogP contribution in [0, 0.1) is 41.4 Å². The van der Waals surface area contributed by atoms with Gasteiger partial charge in [-0.3, -0.25) is 4.90 Å². The standard InChI is InChI=1S/C25H49N/c1-8-11-22(19(5)14-18(4)9-2)15-20(6)25(10-3)21(7)26-16-23-12-13-24(23)17-26/h18-25H,8-17H2,1-7H3. The highest BCUT2D eigenvalue weighted by Crippen LogP contribution is 2.43. The number of hydrogen-bond acceptors (Lipinski definition) is 1. The molecule has 154 valence electrons. The van der Waals surface area contributed by atoms with Crippen molar-refractivity contribution in [1.29, 1.82) is 0 Å². The van der Waals surface area contributed by atoms with Crippen LogP contribution in [-0.4, -0.2) is 24.0 Å². The molecule has 1 aliphatic heterocycles. The maximum atomic E-state index is 2.87. The molecule has 0 radical (unpaired) electrons. The Morgan fingerprint density at radius 1 is 0.808 bits per heavy atom. The van der Waals surface area contributed by atoms with Crippen LogP contribution in [0.25, 0.3) is 0 Å². The summed E-state index contributed by atoms with van der Waals surface area (Å²) in [5.41, 5.74) is 0. The fourth-order valence-electron chi connectivity index (χ4n) is 6.27. The highest BCUT2D eigenvalue weighted by molar-refractivity contribution is 4.94. The number of likely N-dealkylation sites (tertiary alicyclic amines) is 1. The van der Waals surface area contributed by atoms with Crippen molar-refractivity contribution in [1.82, 2.24) is 4.90 Å². The second kappa shape index (κ2) is 10.5. The Hall–Kier alpha value is -0.0400. The SMILES string of the molecule is CCCC(CC(C)C(CC)C(C)N1CC2CCC2C1)C(C)CC(C)CC. The Labute approximate surface area is 165 Å². The average molecular weight is 364 g/mol. The van der Waals surface area contributed by atoms with Gasteiger partial charge in [0.2, 0.25) is 0 Å². The van der Waals surface area contributed by atoms with Gasteiger partial charge in [0.1, 0.15) is 0 Å². The average Bonchev–Trinajstić information content (AvgIpc) is 2.89. The molecule has 0 aromatic heterocycles. The summed E-state index contributed by atoms with van der Waals surface area (Å²) in [5, 5.41) is 0. The first-order valence-corrected chi connectivity index (χ1v) is 12.1. The largest absolute Gasteiger partial charge is 0.300 e. The number of fused-ring (bicyclic) bond motifs is 1. The Morgan fingerprint density at radius 2 is 1.42 bits per heavy atom. The Morgan fingerprint density at radius 3 is 1.88 bits per heavy atom. The molecule has 2 rings (SSSR count). The molecule has 1 heteroatoms. The van der Waals surface area contributed by atoms with Crippen molar-refractivity contribution in [3.8, 4) is 0 Å². The van der Waals surface area contributed by atoms with Crippen LogP contribution < -0.4 is 0 Å². The summed E-state index contributed by atoms with van der Waals surface area (Å²) in [6, 6.07) is 0.785. The molecule has 0 aromatic carbocycles. The van der Waals surface area contributed by atoms with Gasteiger partial charge >= 0.3 is 0 Å². The first-order chi connectivity index (χ1) is 12.4. The third kappa shape index (κ3) is 5.49. The molecule has 8 atom stereocenters. The smallest absolute Gasteiger partial charge is 0.00978 e. The van der Waals surface area contributed by atoms with Crippen LogP contribution >= 0.6 is 0 Å².